The minimum Gasteiger partial charge on any atom is -0.497 e. The average molecular weight is 413 g/mol. The summed E-state index contributed by atoms with van der Waals surface area (Å²) in [5, 5.41) is 0. The van der Waals surface area contributed by atoms with Crippen LogP contribution >= 0.6 is 11.8 Å². The fourth-order valence-corrected chi connectivity index (χ4v) is 4.05. The standard InChI is InChI=1S/C20H28O7S/c1-6-28-20-19(24-11-15-7-9-16(23-5)10-8-15)18(27-14(4)22)17(12(2)25-20)26-13(3)21/h7-10,12,17-20H,6,11H2,1-5H3/t12-,17+,18+,19-,20?/m0/s1. The summed E-state index contributed by atoms with van der Waals surface area (Å²) in [7, 11) is 1.61. The number of esters is 2. The van der Waals surface area contributed by atoms with Gasteiger partial charge in [0, 0.05) is 13.8 Å². The van der Waals surface area contributed by atoms with E-state index in [2.05, 4.69) is 0 Å². The van der Waals surface area contributed by atoms with Crippen LogP contribution in [0.5, 0.6) is 5.75 Å². The zero-order chi connectivity index (χ0) is 20.7. The minimum absolute atomic E-state index is 0.289. The van der Waals surface area contributed by atoms with E-state index in [0.29, 0.717) is 0 Å². The smallest absolute Gasteiger partial charge is 0.303 e. The maximum Gasteiger partial charge on any atom is 0.303 e. The van der Waals surface area contributed by atoms with Gasteiger partial charge in [-0.3, -0.25) is 9.59 Å². The summed E-state index contributed by atoms with van der Waals surface area (Å²) in [5.74, 6) is 0.624. The first kappa shape index (κ1) is 22.5. The molecule has 0 aliphatic carbocycles. The minimum atomic E-state index is -0.757. The van der Waals surface area contributed by atoms with Gasteiger partial charge in [-0.2, -0.15) is 0 Å². The van der Waals surface area contributed by atoms with Crippen LogP contribution in [0.25, 0.3) is 0 Å². The lowest BCUT2D eigenvalue weighted by molar-refractivity contribution is -0.232. The maximum absolute atomic E-state index is 11.7. The van der Waals surface area contributed by atoms with Gasteiger partial charge in [0.25, 0.3) is 0 Å². The van der Waals surface area contributed by atoms with Crippen molar-refractivity contribution >= 4 is 23.7 Å². The quantitative estimate of drug-likeness (QED) is 0.603. The fraction of sp³-hybridized carbons (Fsp3) is 0.600. The van der Waals surface area contributed by atoms with Crippen LogP contribution in [0.15, 0.2) is 24.3 Å². The van der Waals surface area contributed by atoms with E-state index in [9.17, 15) is 9.59 Å². The van der Waals surface area contributed by atoms with Crippen LogP contribution in [0.2, 0.25) is 0 Å². The first-order chi connectivity index (χ1) is 13.3. The van der Waals surface area contributed by atoms with E-state index in [4.69, 9.17) is 23.7 Å². The van der Waals surface area contributed by atoms with E-state index in [1.54, 1.807) is 25.8 Å². The van der Waals surface area contributed by atoms with Crippen LogP contribution in [0.1, 0.15) is 33.3 Å². The molecular formula is C20H28O7S. The van der Waals surface area contributed by atoms with Crippen molar-refractivity contribution in [3.63, 3.8) is 0 Å². The summed E-state index contributed by atoms with van der Waals surface area (Å²) in [6.45, 7) is 6.74. The molecule has 5 atom stereocenters. The van der Waals surface area contributed by atoms with Crippen molar-refractivity contribution in [3.05, 3.63) is 29.8 Å². The monoisotopic (exact) mass is 412 g/mol. The molecule has 0 spiro atoms. The van der Waals surface area contributed by atoms with Crippen LogP contribution in [-0.2, 0) is 35.1 Å². The third-order valence-electron chi connectivity index (χ3n) is 4.26. The zero-order valence-electron chi connectivity index (χ0n) is 16.9. The molecule has 1 heterocycles. The molecule has 28 heavy (non-hydrogen) atoms. The lowest BCUT2D eigenvalue weighted by atomic mass is 10.00. The molecule has 1 aliphatic rings. The molecule has 1 aromatic carbocycles. The number of hydrogen-bond donors (Lipinski definition) is 0. The molecule has 1 aromatic rings. The molecule has 7 nitrogen and oxygen atoms in total. The molecule has 0 bridgehead atoms. The third-order valence-corrected chi connectivity index (χ3v) is 5.31. The lowest BCUT2D eigenvalue weighted by Crippen LogP contribution is -2.59. The van der Waals surface area contributed by atoms with Crippen molar-refractivity contribution in [1.82, 2.24) is 0 Å². The van der Waals surface area contributed by atoms with Gasteiger partial charge in [0.15, 0.2) is 12.2 Å². The number of carbonyl (C=O) groups is 2. The molecule has 1 fully saturated rings. The van der Waals surface area contributed by atoms with Crippen molar-refractivity contribution in [2.45, 2.75) is 64.2 Å². The Morgan fingerprint density at radius 3 is 2.18 bits per heavy atom. The normalized spacial score (nSPS) is 27.1. The summed E-state index contributed by atoms with van der Waals surface area (Å²) in [4.78, 5) is 23.3. The van der Waals surface area contributed by atoms with E-state index in [1.807, 2.05) is 31.2 Å². The topological polar surface area (TPSA) is 80.3 Å². The Hall–Kier alpha value is -1.77. The second-order valence-corrected chi connectivity index (χ2v) is 7.81. The molecule has 0 aromatic heterocycles. The maximum atomic E-state index is 11.7. The van der Waals surface area contributed by atoms with Crippen molar-refractivity contribution < 1.29 is 33.3 Å². The molecule has 1 saturated heterocycles. The summed E-state index contributed by atoms with van der Waals surface area (Å²) < 4.78 is 28.3. The molecule has 8 heteroatoms. The highest BCUT2D eigenvalue weighted by Crippen LogP contribution is 2.34. The van der Waals surface area contributed by atoms with E-state index in [1.165, 1.54) is 13.8 Å². The Bertz CT molecular complexity index is 648. The first-order valence-electron chi connectivity index (χ1n) is 9.21. The molecule has 0 amide bonds. The van der Waals surface area contributed by atoms with Gasteiger partial charge in [0.1, 0.15) is 17.3 Å². The predicted octanol–water partition coefficient (Wildman–Crippen LogP) is 2.94. The van der Waals surface area contributed by atoms with E-state index < -0.39 is 36.4 Å². The summed E-state index contributed by atoms with van der Waals surface area (Å²) >= 11 is 1.56. The molecule has 1 unspecified atom stereocenters. The van der Waals surface area contributed by atoms with Gasteiger partial charge in [-0.25, -0.2) is 0 Å². The SMILES string of the molecule is CCSC1O[C@@H](C)[C@@H](OC(C)=O)[C@@H](OC(C)=O)[C@@H]1OCc1ccc(OC)cc1. The largest absolute Gasteiger partial charge is 0.497 e. The van der Waals surface area contributed by atoms with Crippen LogP contribution in [0.4, 0.5) is 0 Å². The summed E-state index contributed by atoms with van der Waals surface area (Å²) in [6.07, 6.45) is -2.52. The van der Waals surface area contributed by atoms with Crippen molar-refractivity contribution in [3.8, 4) is 5.75 Å². The predicted molar refractivity (Wildman–Crippen MR) is 105 cm³/mol. The molecule has 1 aliphatic heterocycles. The Morgan fingerprint density at radius 1 is 1.04 bits per heavy atom. The molecular weight excluding hydrogens is 384 g/mol. The fourth-order valence-electron chi connectivity index (χ4n) is 3.04. The highest BCUT2D eigenvalue weighted by molar-refractivity contribution is 7.99. The number of carbonyl (C=O) groups excluding carboxylic acids is 2. The average Bonchev–Trinajstić information content (AvgIpc) is 2.64. The first-order valence-corrected chi connectivity index (χ1v) is 10.3. The third kappa shape index (κ3) is 6.12. The van der Waals surface area contributed by atoms with Crippen LogP contribution in [0, 0.1) is 0 Å². The van der Waals surface area contributed by atoms with Gasteiger partial charge in [-0.15, -0.1) is 11.8 Å². The number of thioether (sulfide) groups is 1. The van der Waals surface area contributed by atoms with Crippen molar-refractivity contribution in [2.24, 2.45) is 0 Å². The van der Waals surface area contributed by atoms with Gasteiger partial charge in [-0.05, 0) is 30.4 Å². The Kier molecular flexibility index (Phi) is 8.59. The van der Waals surface area contributed by atoms with E-state index in [0.717, 1.165) is 17.1 Å². The van der Waals surface area contributed by atoms with Gasteiger partial charge < -0.3 is 23.7 Å². The highest BCUT2D eigenvalue weighted by Gasteiger charge is 2.49. The van der Waals surface area contributed by atoms with Crippen LogP contribution < -0.4 is 4.74 Å². The number of methoxy groups -OCH3 is 1. The number of ether oxygens (including phenoxy) is 5. The van der Waals surface area contributed by atoms with Gasteiger partial charge in [0.05, 0.1) is 19.8 Å². The lowest BCUT2D eigenvalue weighted by Gasteiger charge is -2.44. The molecule has 2 rings (SSSR count). The summed E-state index contributed by atoms with van der Waals surface area (Å²) in [6, 6.07) is 7.50. The molecule has 0 radical (unpaired) electrons. The zero-order valence-corrected chi connectivity index (χ0v) is 17.7. The second kappa shape index (κ2) is 10.7. The number of rotatable bonds is 8. The number of benzene rings is 1. The van der Waals surface area contributed by atoms with Gasteiger partial charge in [-0.1, -0.05) is 19.1 Å². The van der Waals surface area contributed by atoms with Crippen molar-refractivity contribution in [2.75, 3.05) is 12.9 Å². The van der Waals surface area contributed by atoms with Gasteiger partial charge in [0.2, 0.25) is 0 Å². The van der Waals surface area contributed by atoms with Crippen LogP contribution in [-0.4, -0.2) is 54.7 Å². The Labute approximate surface area is 170 Å². The second-order valence-electron chi connectivity index (χ2n) is 6.44. The molecule has 0 N–H and O–H groups in total. The Morgan fingerprint density at radius 2 is 1.64 bits per heavy atom. The Balaban J connectivity index is 2.22. The molecule has 156 valence electrons. The van der Waals surface area contributed by atoms with E-state index in [-0.39, 0.29) is 12.0 Å². The van der Waals surface area contributed by atoms with E-state index >= 15 is 0 Å². The highest BCUT2D eigenvalue weighted by atomic mass is 32.2. The molecule has 0 saturated carbocycles. The van der Waals surface area contributed by atoms with Crippen LogP contribution in [0.3, 0.4) is 0 Å². The van der Waals surface area contributed by atoms with Gasteiger partial charge >= 0.3 is 11.9 Å². The van der Waals surface area contributed by atoms with Crippen molar-refractivity contribution in [1.29, 1.82) is 0 Å². The summed E-state index contributed by atoms with van der Waals surface area (Å²) in [5.41, 5.74) is 0.583. The number of hydrogen-bond acceptors (Lipinski definition) is 8.